The Balaban J connectivity index is 1.61. The van der Waals surface area contributed by atoms with Gasteiger partial charge < -0.3 is 9.88 Å². The number of halogens is 1. The zero-order chi connectivity index (χ0) is 21.1. The standard InChI is InChI=1S/C24H23FN4O/c1-3-29(12-11-18-14-27-22-10-5-4-9-20(18)22)24(30)21-15-26-16(2)28-23(21)17-7-6-8-19(25)13-17/h4-10,13-15,27H,3,11-12H2,1-2H3. The Hall–Kier alpha value is -3.54. The first kappa shape index (κ1) is 19.8. The molecule has 0 bridgehead atoms. The first-order valence-corrected chi connectivity index (χ1v) is 10.0. The molecule has 1 N–H and O–H groups in total. The van der Waals surface area contributed by atoms with E-state index in [9.17, 15) is 9.18 Å². The highest BCUT2D eigenvalue weighted by Crippen LogP contribution is 2.24. The maximum atomic E-state index is 13.8. The lowest BCUT2D eigenvalue weighted by molar-refractivity contribution is 0.0766. The van der Waals surface area contributed by atoms with E-state index in [2.05, 4.69) is 21.0 Å². The molecule has 0 aliphatic heterocycles. The van der Waals surface area contributed by atoms with Gasteiger partial charge in [0.1, 0.15) is 11.6 Å². The van der Waals surface area contributed by atoms with Crippen molar-refractivity contribution in [1.82, 2.24) is 19.9 Å². The number of hydrogen-bond acceptors (Lipinski definition) is 3. The molecule has 0 unspecified atom stereocenters. The summed E-state index contributed by atoms with van der Waals surface area (Å²) in [5, 5.41) is 1.17. The molecule has 0 spiro atoms. The molecule has 30 heavy (non-hydrogen) atoms. The normalized spacial score (nSPS) is 11.0. The number of benzene rings is 2. The molecule has 5 nitrogen and oxygen atoms in total. The van der Waals surface area contributed by atoms with Gasteiger partial charge in [-0.3, -0.25) is 4.79 Å². The second-order valence-electron chi connectivity index (χ2n) is 7.18. The van der Waals surface area contributed by atoms with Crippen LogP contribution < -0.4 is 0 Å². The Morgan fingerprint density at radius 3 is 2.80 bits per heavy atom. The second-order valence-corrected chi connectivity index (χ2v) is 7.18. The van der Waals surface area contributed by atoms with Gasteiger partial charge in [-0.05, 0) is 44.0 Å². The van der Waals surface area contributed by atoms with Gasteiger partial charge in [-0.2, -0.15) is 0 Å². The molecule has 4 rings (SSSR count). The van der Waals surface area contributed by atoms with Crippen molar-refractivity contribution in [2.75, 3.05) is 13.1 Å². The van der Waals surface area contributed by atoms with Crippen LogP contribution in [0, 0.1) is 12.7 Å². The zero-order valence-corrected chi connectivity index (χ0v) is 17.0. The largest absolute Gasteiger partial charge is 0.361 e. The first-order valence-electron chi connectivity index (χ1n) is 10.0. The SMILES string of the molecule is CCN(CCc1c[nH]c2ccccc12)C(=O)c1cnc(C)nc1-c1cccc(F)c1. The number of aryl methyl sites for hydroxylation is 1. The van der Waals surface area contributed by atoms with E-state index >= 15 is 0 Å². The fraction of sp³-hybridized carbons (Fsp3) is 0.208. The van der Waals surface area contributed by atoms with Crippen LogP contribution in [0.25, 0.3) is 22.2 Å². The van der Waals surface area contributed by atoms with E-state index < -0.39 is 0 Å². The molecule has 6 heteroatoms. The van der Waals surface area contributed by atoms with E-state index in [1.54, 1.807) is 30.2 Å². The Morgan fingerprint density at radius 1 is 1.17 bits per heavy atom. The fourth-order valence-corrected chi connectivity index (χ4v) is 3.65. The number of carbonyl (C=O) groups excluding carboxylic acids is 1. The molecular weight excluding hydrogens is 379 g/mol. The number of nitrogens with zero attached hydrogens (tertiary/aromatic N) is 3. The first-order chi connectivity index (χ1) is 14.6. The second kappa shape index (κ2) is 8.45. The lowest BCUT2D eigenvalue weighted by Gasteiger charge is -2.22. The molecule has 2 aromatic heterocycles. The van der Waals surface area contributed by atoms with Crippen molar-refractivity contribution in [3.05, 3.63) is 83.7 Å². The average molecular weight is 402 g/mol. The van der Waals surface area contributed by atoms with E-state index in [1.807, 2.05) is 31.3 Å². The number of fused-ring (bicyclic) bond motifs is 1. The van der Waals surface area contributed by atoms with Gasteiger partial charge in [0.15, 0.2) is 0 Å². The number of carbonyl (C=O) groups is 1. The van der Waals surface area contributed by atoms with Crippen LogP contribution in [-0.4, -0.2) is 38.8 Å². The minimum Gasteiger partial charge on any atom is -0.361 e. The number of aromatic nitrogens is 3. The van der Waals surface area contributed by atoms with Gasteiger partial charge in [0.25, 0.3) is 5.91 Å². The number of hydrogen-bond donors (Lipinski definition) is 1. The Morgan fingerprint density at radius 2 is 2.00 bits per heavy atom. The van der Waals surface area contributed by atoms with Gasteiger partial charge in [0.05, 0.1) is 11.3 Å². The molecular formula is C24H23FN4O. The van der Waals surface area contributed by atoms with Crippen molar-refractivity contribution in [3.63, 3.8) is 0 Å². The predicted molar refractivity (Wildman–Crippen MR) is 116 cm³/mol. The highest BCUT2D eigenvalue weighted by Gasteiger charge is 2.21. The predicted octanol–water partition coefficient (Wildman–Crippen LogP) is 4.78. The van der Waals surface area contributed by atoms with Gasteiger partial charge >= 0.3 is 0 Å². The molecule has 0 saturated carbocycles. The van der Waals surface area contributed by atoms with Crippen LogP contribution in [0.4, 0.5) is 4.39 Å². The molecule has 4 aromatic rings. The van der Waals surface area contributed by atoms with E-state index in [4.69, 9.17) is 0 Å². The van der Waals surface area contributed by atoms with Crippen molar-refractivity contribution >= 4 is 16.8 Å². The van der Waals surface area contributed by atoms with E-state index in [1.165, 1.54) is 23.1 Å². The van der Waals surface area contributed by atoms with Gasteiger partial charge in [-0.1, -0.05) is 30.3 Å². The van der Waals surface area contributed by atoms with E-state index in [0.717, 1.165) is 11.9 Å². The number of amides is 1. The topological polar surface area (TPSA) is 61.9 Å². The molecule has 0 aliphatic carbocycles. The lowest BCUT2D eigenvalue weighted by Crippen LogP contribution is -2.33. The Kier molecular flexibility index (Phi) is 5.57. The van der Waals surface area contributed by atoms with Crippen molar-refractivity contribution in [3.8, 4) is 11.3 Å². The molecule has 0 radical (unpaired) electrons. The lowest BCUT2D eigenvalue weighted by atomic mass is 10.1. The third-order valence-corrected chi connectivity index (χ3v) is 5.23. The maximum Gasteiger partial charge on any atom is 0.257 e. The number of H-pyrrole nitrogens is 1. The van der Waals surface area contributed by atoms with Crippen LogP contribution in [0.2, 0.25) is 0 Å². The quantitative estimate of drug-likeness (QED) is 0.505. The summed E-state index contributed by atoms with van der Waals surface area (Å²) in [7, 11) is 0. The number of aromatic amines is 1. The number of likely N-dealkylation sites (N-methyl/N-ethyl adjacent to an activating group) is 1. The molecule has 0 atom stereocenters. The summed E-state index contributed by atoms with van der Waals surface area (Å²) < 4.78 is 13.8. The summed E-state index contributed by atoms with van der Waals surface area (Å²) in [5.74, 6) is 0.0121. The van der Waals surface area contributed by atoms with Gasteiger partial charge in [-0.15, -0.1) is 0 Å². The summed E-state index contributed by atoms with van der Waals surface area (Å²) in [6, 6.07) is 14.3. The number of para-hydroxylation sites is 1. The molecule has 0 aliphatic rings. The number of rotatable bonds is 6. The minimum absolute atomic E-state index is 0.156. The summed E-state index contributed by atoms with van der Waals surface area (Å²) in [4.78, 5) is 27.0. The third kappa shape index (κ3) is 3.94. The van der Waals surface area contributed by atoms with Crippen molar-refractivity contribution in [1.29, 1.82) is 0 Å². The highest BCUT2D eigenvalue weighted by atomic mass is 19.1. The van der Waals surface area contributed by atoms with Gasteiger partial charge in [0.2, 0.25) is 0 Å². The maximum absolute atomic E-state index is 13.8. The van der Waals surface area contributed by atoms with Crippen LogP contribution >= 0.6 is 0 Å². The van der Waals surface area contributed by atoms with Crippen LogP contribution in [0.1, 0.15) is 28.7 Å². The van der Waals surface area contributed by atoms with Gasteiger partial charge in [0, 0.05) is 41.9 Å². The monoisotopic (exact) mass is 402 g/mol. The molecule has 152 valence electrons. The molecule has 2 aromatic carbocycles. The molecule has 0 fully saturated rings. The Labute approximate surface area is 174 Å². The molecule has 2 heterocycles. The average Bonchev–Trinajstić information content (AvgIpc) is 3.17. The minimum atomic E-state index is -0.367. The fourth-order valence-electron chi connectivity index (χ4n) is 3.65. The van der Waals surface area contributed by atoms with Crippen molar-refractivity contribution < 1.29 is 9.18 Å². The van der Waals surface area contributed by atoms with E-state index in [-0.39, 0.29) is 11.7 Å². The van der Waals surface area contributed by atoms with Crippen molar-refractivity contribution in [2.24, 2.45) is 0 Å². The van der Waals surface area contributed by atoms with Crippen LogP contribution in [0.15, 0.2) is 60.9 Å². The summed E-state index contributed by atoms with van der Waals surface area (Å²) in [6.07, 6.45) is 4.26. The third-order valence-electron chi connectivity index (χ3n) is 5.23. The Bertz CT molecular complexity index is 1200. The van der Waals surface area contributed by atoms with Gasteiger partial charge in [-0.25, -0.2) is 14.4 Å². The molecule has 1 amide bonds. The summed E-state index contributed by atoms with van der Waals surface area (Å²) in [6.45, 7) is 4.82. The van der Waals surface area contributed by atoms with E-state index in [0.29, 0.717) is 35.7 Å². The van der Waals surface area contributed by atoms with Crippen LogP contribution in [0.3, 0.4) is 0 Å². The summed E-state index contributed by atoms with van der Waals surface area (Å²) >= 11 is 0. The molecule has 0 saturated heterocycles. The highest BCUT2D eigenvalue weighted by molar-refractivity contribution is 5.99. The zero-order valence-electron chi connectivity index (χ0n) is 17.0. The van der Waals surface area contributed by atoms with Crippen LogP contribution in [-0.2, 0) is 6.42 Å². The van der Waals surface area contributed by atoms with Crippen LogP contribution in [0.5, 0.6) is 0 Å². The summed E-state index contributed by atoms with van der Waals surface area (Å²) in [5.41, 5.74) is 3.66. The van der Waals surface area contributed by atoms with Crippen molar-refractivity contribution in [2.45, 2.75) is 20.3 Å². The number of nitrogens with one attached hydrogen (secondary N) is 1. The smallest absolute Gasteiger partial charge is 0.257 e.